The summed E-state index contributed by atoms with van der Waals surface area (Å²) in [7, 11) is -3.13. The van der Waals surface area contributed by atoms with E-state index in [1.807, 2.05) is 18.2 Å². The van der Waals surface area contributed by atoms with E-state index >= 15 is 0 Å². The number of aromatic nitrogens is 2. The number of benzene rings is 1. The van der Waals surface area contributed by atoms with Gasteiger partial charge in [0.1, 0.15) is 5.82 Å². The third kappa shape index (κ3) is 4.80. The van der Waals surface area contributed by atoms with Gasteiger partial charge in [0.25, 0.3) is 0 Å². The molecule has 1 N–H and O–H groups in total. The second kappa shape index (κ2) is 7.26. The Bertz CT molecular complexity index is 730. The Balaban J connectivity index is 2.18. The van der Waals surface area contributed by atoms with Crippen LogP contribution in [0.3, 0.4) is 0 Å². The SMILES string of the molecule is CS(=O)(=O)NCCCn1c(CCCl)nc2cc(I)ccc21. The van der Waals surface area contributed by atoms with Gasteiger partial charge in [-0.3, -0.25) is 0 Å². The van der Waals surface area contributed by atoms with Crippen molar-refractivity contribution in [2.45, 2.75) is 19.4 Å². The van der Waals surface area contributed by atoms with Crippen LogP contribution in [0.2, 0.25) is 0 Å². The molecular formula is C13H17ClIN3O2S. The summed E-state index contributed by atoms with van der Waals surface area (Å²) in [4.78, 5) is 4.63. The molecule has 0 saturated heterocycles. The lowest BCUT2D eigenvalue weighted by atomic mass is 10.3. The molecule has 1 aromatic heterocycles. The normalized spacial score (nSPS) is 12.1. The monoisotopic (exact) mass is 441 g/mol. The highest BCUT2D eigenvalue weighted by Gasteiger charge is 2.10. The van der Waals surface area contributed by atoms with E-state index in [9.17, 15) is 8.42 Å². The highest BCUT2D eigenvalue weighted by molar-refractivity contribution is 14.1. The van der Waals surface area contributed by atoms with E-state index in [1.54, 1.807) is 0 Å². The summed E-state index contributed by atoms with van der Waals surface area (Å²) in [6.07, 6.45) is 2.58. The summed E-state index contributed by atoms with van der Waals surface area (Å²) in [6, 6.07) is 6.13. The zero-order valence-corrected chi connectivity index (χ0v) is 15.4. The standard InChI is InChI=1S/C13H17ClIN3O2S/c1-21(19,20)16-7-2-8-18-12-4-3-10(15)9-11(12)17-13(18)5-6-14/h3-4,9,16H,2,5-8H2,1H3. The summed E-state index contributed by atoms with van der Waals surface area (Å²) in [6.45, 7) is 1.13. The molecule has 8 heteroatoms. The van der Waals surface area contributed by atoms with Gasteiger partial charge in [-0.2, -0.15) is 0 Å². The molecule has 0 atom stereocenters. The zero-order chi connectivity index (χ0) is 15.5. The first-order valence-electron chi connectivity index (χ1n) is 6.56. The van der Waals surface area contributed by atoms with Crippen molar-refractivity contribution < 1.29 is 8.42 Å². The zero-order valence-electron chi connectivity index (χ0n) is 11.6. The molecule has 2 rings (SSSR count). The number of imidazole rings is 1. The molecule has 0 aliphatic carbocycles. The second-order valence-electron chi connectivity index (χ2n) is 4.77. The number of nitrogens with one attached hydrogen (secondary N) is 1. The molecule has 0 aliphatic rings. The number of aryl methyl sites for hydroxylation is 2. The Morgan fingerprint density at radius 2 is 2.19 bits per heavy atom. The second-order valence-corrected chi connectivity index (χ2v) is 8.23. The van der Waals surface area contributed by atoms with Crippen LogP contribution in [0.25, 0.3) is 11.0 Å². The minimum Gasteiger partial charge on any atom is -0.328 e. The minimum absolute atomic E-state index is 0.420. The molecule has 116 valence electrons. The van der Waals surface area contributed by atoms with E-state index in [0.717, 1.165) is 20.4 Å². The van der Waals surface area contributed by atoms with Crippen LogP contribution in [0.1, 0.15) is 12.2 Å². The molecule has 5 nitrogen and oxygen atoms in total. The molecule has 1 aromatic carbocycles. The summed E-state index contributed by atoms with van der Waals surface area (Å²) in [5.74, 6) is 1.46. The van der Waals surface area contributed by atoms with Crippen molar-refractivity contribution in [2.75, 3.05) is 18.7 Å². The van der Waals surface area contributed by atoms with Gasteiger partial charge in [0, 0.05) is 29.0 Å². The van der Waals surface area contributed by atoms with Crippen LogP contribution in [0.5, 0.6) is 0 Å². The minimum atomic E-state index is -3.13. The van der Waals surface area contributed by atoms with Crippen LogP contribution >= 0.6 is 34.2 Å². The molecule has 0 bridgehead atoms. The first-order chi connectivity index (χ1) is 9.90. The molecule has 0 spiro atoms. The predicted octanol–water partition coefficient (Wildman–Crippen LogP) is 2.36. The molecule has 0 aliphatic heterocycles. The quantitative estimate of drug-likeness (QED) is 0.408. The van der Waals surface area contributed by atoms with Gasteiger partial charge in [-0.05, 0) is 47.2 Å². The maximum absolute atomic E-state index is 11.1. The molecule has 0 amide bonds. The maximum atomic E-state index is 11.1. The van der Waals surface area contributed by atoms with Crippen molar-refractivity contribution in [2.24, 2.45) is 0 Å². The van der Waals surface area contributed by atoms with E-state index in [0.29, 0.717) is 31.8 Å². The van der Waals surface area contributed by atoms with E-state index in [-0.39, 0.29) is 0 Å². The van der Waals surface area contributed by atoms with Gasteiger partial charge in [0.2, 0.25) is 10.0 Å². The van der Waals surface area contributed by atoms with Crippen LogP contribution < -0.4 is 4.72 Å². The number of hydrogen-bond acceptors (Lipinski definition) is 3. The van der Waals surface area contributed by atoms with E-state index in [4.69, 9.17) is 11.6 Å². The maximum Gasteiger partial charge on any atom is 0.208 e. The van der Waals surface area contributed by atoms with Gasteiger partial charge in [0.05, 0.1) is 17.3 Å². The number of halogens is 2. The highest BCUT2D eigenvalue weighted by Crippen LogP contribution is 2.20. The van der Waals surface area contributed by atoms with Crippen molar-refractivity contribution in [1.82, 2.24) is 14.3 Å². The Morgan fingerprint density at radius 1 is 1.43 bits per heavy atom. The van der Waals surface area contributed by atoms with E-state index in [1.165, 1.54) is 6.26 Å². The van der Waals surface area contributed by atoms with Crippen LogP contribution in [-0.2, 0) is 23.0 Å². The Hall–Kier alpha value is -0.380. The molecule has 2 aromatic rings. The van der Waals surface area contributed by atoms with Crippen LogP contribution in [0, 0.1) is 3.57 Å². The van der Waals surface area contributed by atoms with Gasteiger partial charge in [-0.15, -0.1) is 11.6 Å². The molecule has 0 radical (unpaired) electrons. The predicted molar refractivity (Wildman–Crippen MR) is 94.3 cm³/mol. The van der Waals surface area contributed by atoms with Gasteiger partial charge in [-0.1, -0.05) is 0 Å². The molecule has 0 unspecified atom stereocenters. The number of nitrogens with zero attached hydrogens (tertiary/aromatic N) is 2. The number of rotatable bonds is 7. The van der Waals surface area contributed by atoms with Crippen molar-refractivity contribution in [1.29, 1.82) is 0 Å². The number of hydrogen-bond donors (Lipinski definition) is 1. The molecule has 0 fully saturated rings. The lowest BCUT2D eigenvalue weighted by molar-refractivity contribution is 0.574. The van der Waals surface area contributed by atoms with Crippen LogP contribution in [0.4, 0.5) is 0 Å². The highest BCUT2D eigenvalue weighted by atomic mass is 127. The topological polar surface area (TPSA) is 64.0 Å². The summed E-state index contributed by atoms with van der Waals surface area (Å²) >= 11 is 8.10. The lowest BCUT2D eigenvalue weighted by Gasteiger charge is -2.09. The summed E-state index contributed by atoms with van der Waals surface area (Å²) in [5.41, 5.74) is 2.02. The Morgan fingerprint density at radius 3 is 2.86 bits per heavy atom. The first-order valence-corrected chi connectivity index (χ1v) is 10.1. The average Bonchev–Trinajstić information content (AvgIpc) is 2.71. The average molecular weight is 442 g/mol. The first kappa shape index (κ1) is 17.0. The van der Waals surface area contributed by atoms with E-state index < -0.39 is 10.0 Å². The van der Waals surface area contributed by atoms with E-state index in [2.05, 4.69) is 36.9 Å². The molecule has 0 saturated carbocycles. The summed E-state index contributed by atoms with van der Waals surface area (Å²) in [5, 5.41) is 0. The fraction of sp³-hybridized carbons (Fsp3) is 0.462. The fourth-order valence-electron chi connectivity index (χ4n) is 2.17. The van der Waals surface area contributed by atoms with Crippen molar-refractivity contribution in [3.8, 4) is 0 Å². The van der Waals surface area contributed by atoms with Crippen LogP contribution in [-0.4, -0.2) is 36.6 Å². The lowest BCUT2D eigenvalue weighted by Crippen LogP contribution is -2.24. The third-order valence-corrected chi connectivity index (χ3v) is 4.62. The summed E-state index contributed by atoms with van der Waals surface area (Å²) < 4.78 is 27.9. The van der Waals surface area contributed by atoms with Gasteiger partial charge in [0.15, 0.2) is 0 Å². The van der Waals surface area contributed by atoms with Gasteiger partial charge in [-0.25, -0.2) is 18.1 Å². The Kier molecular flexibility index (Phi) is 5.87. The molecule has 1 heterocycles. The largest absolute Gasteiger partial charge is 0.328 e. The number of fused-ring (bicyclic) bond motifs is 1. The molecule has 21 heavy (non-hydrogen) atoms. The van der Waals surface area contributed by atoms with Crippen molar-refractivity contribution >= 4 is 55.2 Å². The third-order valence-electron chi connectivity index (χ3n) is 3.03. The smallest absolute Gasteiger partial charge is 0.208 e. The number of sulfonamides is 1. The molecular weight excluding hydrogens is 425 g/mol. The van der Waals surface area contributed by atoms with Crippen LogP contribution in [0.15, 0.2) is 18.2 Å². The Labute approximate surface area is 143 Å². The number of alkyl halides is 1. The van der Waals surface area contributed by atoms with Crippen molar-refractivity contribution in [3.63, 3.8) is 0 Å². The van der Waals surface area contributed by atoms with Crippen molar-refractivity contribution in [3.05, 3.63) is 27.6 Å². The fourth-order valence-corrected chi connectivity index (χ4v) is 3.33. The van der Waals surface area contributed by atoms with Gasteiger partial charge >= 0.3 is 0 Å². The van der Waals surface area contributed by atoms with Gasteiger partial charge < -0.3 is 4.57 Å².